The van der Waals surface area contributed by atoms with Gasteiger partial charge in [-0.25, -0.2) is 9.48 Å². The van der Waals surface area contributed by atoms with Crippen LogP contribution in [0.5, 0.6) is 0 Å². The van der Waals surface area contributed by atoms with Gasteiger partial charge in [0.05, 0.1) is 19.3 Å². The molecule has 7 nitrogen and oxygen atoms in total. The number of rotatable bonds is 4. The minimum absolute atomic E-state index is 0. The van der Waals surface area contributed by atoms with Crippen LogP contribution < -0.4 is 5.32 Å². The van der Waals surface area contributed by atoms with Crippen molar-refractivity contribution in [3.63, 3.8) is 0 Å². The first-order chi connectivity index (χ1) is 10.8. The van der Waals surface area contributed by atoms with Crippen LogP contribution in [0.15, 0.2) is 6.20 Å². The molecule has 3 heterocycles. The Labute approximate surface area is 143 Å². The molecule has 1 aromatic heterocycles. The molecular weight excluding hydrogens is 318 g/mol. The first-order valence-electron chi connectivity index (χ1n) is 8.19. The molecule has 0 radical (unpaired) electrons. The lowest BCUT2D eigenvalue weighted by atomic mass is 9.96. The summed E-state index contributed by atoms with van der Waals surface area (Å²) >= 11 is 0. The van der Waals surface area contributed by atoms with Crippen LogP contribution in [0.25, 0.3) is 0 Å². The van der Waals surface area contributed by atoms with Crippen molar-refractivity contribution >= 4 is 18.4 Å². The first kappa shape index (κ1) is 18.2. The minimum Gasteiger partial charge on any atom is -0.464 e. The van der Waals surface area contributed by atoms with Crippen LogP contribution >= 0.6 is 12.4 Å². The van der Waals surface area contributed by atoms with Crippen molar-refractivity contribution < 1.29 is 9.53 Å². The Morgan fingerprint density at radius 2 is 2.17 bits per heavy atom. The van der Waals surface area contributed by atoms with E-state index >= 15 is 0 Å². The van der Waals surface area contributed by atoms with E-state index in [-0.39, 0.29) is 18.1 Å². The summed E-state index contributed by atoms with van der Waals surface area (Å²) in [4.78, 5) is 14.0. The second-order valence-electron chi connectivity index (χ2n) is 6.32. The number of nitrogens with one attached hydrogen (secondary N) is 1. The Morgan fingerprint density at radius 3 is 2.91 bits per heavy atom. The van der Waals surface area contributed by atoms with E-state index < -0.39 is 5.97 Å². The van der Waals surface area contributed by atoms with Gasteiger partial charge in [0.1, 0.15) is 0 Å². The maximum atomic E-state index is 11.5. The van der Waals surface area contributed by atoms with E-state index in [1.165, 1.54) is 39.5 Å². The van der Waals surface area contributed by atoms with Gasteiger partial charge in [0.2, 0.25) is 0 Å². The molecule has 23 heavy (non-hydrogen) atoms. The van der Waals surface area contributed by atoms with Crippen LogP contribution in [0, 0.1) is 5.92 Å². The van der Waals surface area contributed by atoms with E-state index in [9.17, 15) is 4.79 Å². The molecule has 0 spiro atoms. The highest BCUT2D eigenvalue weighted by molar-refractivity contribution is 5.86. The second-order valence-corrected chi connectivity index (χ2v) is 6.32. The number of aromatic nitrogens is 3. The molecule has 1 aromatic rings. The van der Waals surface area contributed by atoms with Crippen LogP contribution in [0.1, 0.15) is 42.2 Å². The molecule has 130 valence electrons. The van der Waals surface area contributed by atoms with Gasteiger partial charge in [-0.1, -0.05) is 5.21 Å². The van der Waals surface area contributed by atoms with Gasteiger partial charge in [0.25, 0.3) is 0 Å². The van der Waals surface area contributed by atoms with Crippen molar-refractivity contribution in [2.75, 3.05) is 39.8 Å². The average Bonchev–Trinajstić information content (AvgIpc) is 3.05. The second kappa shape index (κ2) is 8.61. The normalized spacial score (nSPS) is 23.3. The number of nitrogens with zero attached hydrogens (tertiary/aromatic N) is 4. The number of methoxy groups -OCH3 is 1. The highest BCUT2D eigenvalue weighted by Crippen LogP contribution is 2.23. The summed E-state index contributed by atoms with van der Waals surface area (Å²) in [6, 6.07) is 0.307. The van der Waals surface area contributed by atoms with Crippen molar-refractivity contribution in [3.05, 3.63) is 11.9 Å². The summed E-state index contributed by atoms with van der Waals surface area (Å²) in [5.41, 5.74) is 0.290. The Morgan fingerprint density at radius 1 is 1.39 bits per heavy atom. The summed E-state index contributed by atoms with van der Waals surface area (Å²) in [6.07, 6.45) is 6.52. The van der Waals surface area contributed by atoms with E-state index in [0.717, 1.165) is 32.0 Å². The average molecular weight is 344 g/mol. The van der Waals surface area contributed by atoms with Crippen molar-refractivity contribution in [1.29, 1.82) is 0 Å². The molecule has 2 saturated heterocycles. The fraction of sp³-hybridized carbons (Fsp3) is 0.800. The SMILES string of the molecule is COC(=O)c1cn(C2CCCN(CC3CCNCC3)C2)nn1.Cl. The summed E-state index contributed by atoms with van der Waals surface area (Å²) in [5.74, 6) is 0.384. The zero-order chi connectivity index (χ0) is 15.4. The van der Waals surface area contributed by atoms with Crippen LogP contribution in [0.2, 0.25) is 0 Å². The van der Waals surface area contributed by atoms with Crippen LogP contribution in [-0.4, -0.2) is 65.7 Å². The lowest BCUT2D eigenvalue weighted by Crippen LogP contribution is -2.41. The zero-order valence-corrected chi connectivity index (χ0v) is 14.4. The first-order valence-corrected chi connectivity index (χ1v) is 8.19. The Kier molecular flexibility index (Phi) is 6.80. The third-order valence-electron chi connectivity index (χ3n) is 4.73. The van der Waals surface area contributed by atoms with Crippen LogP contribution in [-0.2, 0) is 4.74 Å². The summed E-state index contributed by atoms with van der Waals surface area (Å²) < 4.78 is 6.52. The van der Waals surface area contributed by atoms with Gasteiger partial charge < -0.3 is 15.0 Å². The quantitative estimate of drug-likeness (QED) is 0.826. The smallest absolute Gasteiger partial charge is 0.360 e. The third-order valence-corrected chi connectivity index (χ3v) is 4.73. The molecular formula is C15H26ClN5O2. The number of hydrogen-bond acceptors (Lipinski definition) is 6. The highest BCUT2D eigenvalue weighted by atomic mass is 35.5. The lowest BCUT2D eigenvalue weighted by molar-refractivity contribution is 0.0594. The number of esters is 1. The molecule has 0 bridgehead atoms. The molecule has 1 N–H and O–H groups in total. The Hall–Kier alpha value is -1.18. The Bertz CT molecular complexity index is 504. The standard InChI is InChI=1S/C15H25N5O2.ClH/c1-22-15(21)14-11-20(18-17-14)13-3-2-8-19(10-13)9-12-4-6-16-7-5-12;/h11-13,16H,2-10H2,1H3;1H. The van der Waals surface area contributed by atoms with E-state index in [1.807, 2.05) is 4.68 Å². The lowest BCUT2D eigenvalue weighted by Gasteiger charge is -2.36. The maximum absolute atomic E-state index is 11.5. The number of piperidine rings is 2. The minimum atomic E-state index is -0.423. The van der Waals surface area contributed by atoms with Crippen molar-refractivity contribution in [1.82, 2.24) is 25.2 Å². The number of hydrogen-bond donors (Lipinski definition) is 1. The highest BCUT2D eigenvalue weighted by Gasteiger charge is 2.25. The summed E-state index contributed by atoms with van der Waals surface area (Å²) in [7, 11) is 1.36. The third kappa shape index (κ3) is 4.65. The molecule has 0 aliphatic carbocycles. The molecule has 0 aromatic carbocycles. The summed E-state index contributed by atoms with van der Waals surface area (Å²) in [5, 5.41) is 11.5. The van der Waals surface area contributed by atoms with Gasteiger partial charge in [-0.3, -0.25) is 0 Å². The van der Waals surface area contributed by atoms with Crippen molar-refractivity contribution in [2.24, 2.45) is 5.92 Å². The number of carbonyl (C=O) groups is 1. The molecule has 1 unspecified atom stereocenters. The molecule has 1 atom stereocenters. The topological polar surface area (TPSA) is 72.3 Å². The van der Waals surface area contributed by atoms with Gasteiger partial charge in [0, 0.05) is 13.1 Å². The molecule has 0 amide bonds. The van der Waals surface area contributed by atoms with E-state index in [4.69, 9.17) is 0 Å². The van der Waals surface area contributed by atoms with Gasteiger partial charge >= 0.3 is 5.97 Å². The predicted molar refractivity (Wildman–Crippen MR) is 88.9 cm³/mol. The Balaban J connectivity index is 0.00000192. The fourth-order valence-corrected chi connectivity index (χ4v) is 3.50. The van der Waals surface area contributed by atoms with Gasteiger partial charge in [-0.15, -0.1) is 17.5 Å². The molecule has 2 aliphatic heterocycles. The summed E-state index contributed by atoms with van der Waals surface area (Å²) in [6.45, 7) is 5.63. The predicted octanol–water partition coefficient (Wildman–Crippen LogP) is 1.12. The van der Waals surface area contributed by atoms with Crippen molar-refractivity contribution in [3.8, 4) is 0 Å². The van der Waals surface area contributed by atoms with Gasteiger partial charge in [0.15, 0.2) is 5.69 Å². The molecule has 2 fully saturated rings. The number of carbonyl (C=O) groups excluding carboxylic acids is 1. The van der Waals surface area contributed by atoms with Gasteiger partial charge in [-0.05, 0) is 51.2 Å². The van der Waals surface area contributed by atoms with E-state index in [0.29, 0.717) is 6.04 Å². The molecule has 8 heteroatoms. The van der Waals surface area contributed by atoms with Gasteiger partial charge in [-0.2, -0.15) is 0 Å². The number of likely N-dealkylation sites (tertiary alicyclic amines) is 1. The van der Waals surface area contributed by atoms with E-state index in [1.54, 1.807) is 6.20 Å². The van der Waals surface area contributed by atoms with Crippen molar-refractivity contribution in [2.45, 2.75) is 31.7 Å². The van der Waals surface area contributed by atoms with E-state index in [2.05, 4.69) is 25.3 Å². The largest absolute Gasteiger partial charge is 0.464 e. The molecule has 3 rings (SSSR count). The zero-order valence-electron chi connectivity index (χ0n) is 13.6. The number of ether oxygens (including phenoxy) is 1. The number of halogens is 1. The maximum Gasteiger partial charge on any atom is 0.360 e. The molecule has 0 saturated carbocycles. The van der Waals surface area contributed by atoms with Crippen LogP contribution in [0.4, 0.5) is 0 Å². The fourth-order valence-electron chi connectivity index (χ4n) is 3.50. The monoisotopic (exact) mass is 343 g/mol. The molecule has 2 aliphatic rings. The van der Waals surface area contributed by atoms with Crippen LogP contribution in [0.3, 0.4) is 0 Å².